The van der Waals surface area contributed by atoms with Crippen LogP contribution in [0.15, 0.2) is 24.3 Å². The third-order valence-corrected chi connectivity index (χ3v) is 2.91. The maximum absolute atomic E-state index is 12.4. The van der Waals surface area contributed by atoms with E-state index in [2.05, 4.69) is 0 Å². The molecule has 0 heterocycles. The summed E-state index contributed by atoms with van der Waals surface area (Å²) in [6.07, 6.45) is 0. The average Bonchev–Trinajstić information content (AvgIpc) is 2.48. The van der Waals surface area contributed by atoms with Crippen molar-refractivity contribution in [1.82, 2.24) is 0 Å². The molecule has 5 heteroatoms. The number of aryl methyl sites for hydroxylation is 1. The number of hydrogen-bond donors (Lipinski definition) is 0. The van der Waals surface area contributed by atoms with Gasteiger partial charge in [0.2, 0.25) is 0 Å². The Kier molecular flexibility index (Phi) is 4.99. The van der Waals surface area contributed by atoms with E-state index in [-0.39, 0.29) is 5.56 Å². The maximum Gasteiger partial charge on any atom is 0.170 e. The number of carbonyl (C=O) groups is 1. The Labute approximate surface area is 116 Å². The highest BCUT2D eigenvalue weighted by atomic mass is 16.1. The fourth-order valence-electron chi connectivity index (χ4n) is 1.78. The minimum absolute atomic E-state index is 0.284. The third kappa shape index (κ3) is 2.99. The summed E-state index contributed by atoms with van der Waals surface area (Å²) < 4.78 is 0. The minimum atomic E-state index is -1.33. The predicted octanol–water partition coefficient (Wildman–Crippen LogP) is 2.12. The van der Waals surface area contributed by atoms with Crippen molar-refractivity contribution in [2.75, 3.05) is 0 Å². The summed E-state index contributed by atoms with van der Waals surface area (Å²) in [5.41, 5.74) is 1.24. The zero-order valence-corrected chi connectivity index (χ0v) is 10.7. The van der Waals surface area contributed by atoms with Gasteiger partial charge in [-0.3, -0.25) is 4.79 Å². The molecule has 0 spiro atoms. The Hall–Kier alpha value is -3.15. The van der Waals surface area contributed by atoms with E-state index in [1.807, 2.05) is 6.92 Å². The zero-order valence-electron chi connectivity index (χ0n) is 10.7. The first-order chi connectivity index (χ1) is 9.58. The monoisotopic (exact) mass is 262 g/mol. The molecule has 0 unspecified atom stereocenters. The molecule has 0 aromatic heterocycles. The molecule has 0 saturated carbocycles. The van der Waals surface area contributed by atoms with Gasteiger partial charge in [-0.25, -0.2) is 0 Å². The second-order valence-corrected chi connectivity index (χ2v) is 4.23. The first kappa shape index (κ1) is 14.9. The van der Waals surface area contributed by atoms with Crippen LogP contribution >= 0.6 is 0 Å². The third-order valence-electron chi connectivity index (χ3n) is 2.91. The molecule has 96 valence electrons. The van der Waals surface area contributed by atoms with E-state index in [1.54, 1.807) is 48.5 Å². The first-order valence-electron chi connectivity index (χ1n) is 5.78. The van der Waals surface area contributed by atoms with Gasteiger partial charge in [-0.05, 0) is 6.92 Å². The van der Waals surface area contributed by atoms with Gasteiger partial charge >= 0.3 is 0 Å². The Balaban J connectivity index is 3.26. The molecule has 0 amide bonds. The van der Waals surface area contributed by atoms with Gasteiger partial charge in [-0.15, -0.1) is 0 Å². The number of hydrogen-bond acceptors (Lipinski definition) is 5. The van der Waals surface area contributed by atoms with E-state index in [4.69, 9.17) is 21.0 Å². The van der Waals surface area contributed by atoms with Crippen LogP contribution in [0.1, 0.15) is 15.9 Å². The van der Waals surface area contributed by atoms with Gasteiger partial charge in [0.1, 0.15) is 11.8 Å². The summed E-state index contributed by atoms with van der Waals surface area (Å²) in [5.74, 6) is -4.45. The number of ketones is 1. The van der Waals surface area contributed by atoms with E-state index in [0.29, 0.717) is 0 Å². The van der Waals surface area contributed by atoms with Crippen molar-refractivity contribution in [3.8, 4) is 24.3 Å². The lowest BCUT2D eigenvalue weighted by Crippen LogP contribution is -2.28. The van der Waals surface area contributed by atoms with Crippen LogP contribution < -0.4 is 0 Å². The van der Waals surface area contributed by atoms with E-state index in [9.17, 15) is 4.79 Å². The molecule has 5 nitrogen and oxygen atoms in total. The normalized spacial score (nSPS) is 9.60. The van der Waals surface area contributed by atoms with Crippen molar-refractivity contribution in [2.24, 2.45) is 17.8 Å². The van der Waals surface area contributed by atoms with Gasteiger partial charge in [-0.2, -0.15) is 21.0 Å². The van der Waals surface area contributed by atoms with Crippen LogP contribution in [0.2, 0.25) is 0 Å². The molecule has 0 bridgehead atoms. The summed E-state index contributed by atoms with van der Waals surface area (Å²) in [4.78, 5) is 12.4. The fraction of sp³-hybridized carbons (Fsp3) is 0.267. The molecule has 0 radical (unpaired) electrons. The Morgan fingerprint density at radius 1 is 0.900 bits per heavy atom. The lowest BCUT2D eigenvalue weighted by Gasteiger charge is -2.16. The lowest BCUT2D eigenvalue weighted by molar-refractivity contribution is 0.0890. The second-order valence-electron chi connectivity index (χ2n) is 4.23. The van der Waals surface area contributed by atoms with E-state index < -0.39 is 23.5 Å². The molecule has 1 aromatic carbocycles. The number of carbonyl (C=O) groups excluding carboxylic acids is 1. The summed E-state index contributed by atoms with van der Waals surface area (Å²) in [5, 5.41) is 35.7. The van der Waals surface area contributed by atoms with Gasteiger partial charge in [0.05, 0.1) is 30.2 Å². The van der Waals surface area contributed by atoms with E-state index >= 15 is 0 Å². The molecular formula is C15H10N4O. The Morgan fingerprint density at radius 2 is 1.30 bits per heavy atom. The van der Waals surface area contributed by atoms with Crippen LogP contribution in [0.4, 0.5) is 0 Å². The minimum Gasteiger partial charge on any atom is -0.294 e. The van der Waals surface area contributed by atoms with Crippen LogP contribution in [-0.4, -0.2) is 5.78 Å². The molecule has 20 heavy (non-hydrogen) atoms. The van der Waals surface area contributed by atoms with Crippen LogP contribution in [0, 0.1) is 70.0 Å². The average molecular weight is 262 g/mol. The highest BCUT2D eigenvalue weighted by molar-refractivity contribution is 5.99. The quantitative estimate of drug-likeness (QED) is 0.771. The van der Waals surface area contributed by atoms with Crippen LogP contribution in [0.3, 0.4) is 0 Å². The summed E-state index contributed by atoms with van der Waals surface area (Å²) in [7, 11) is 0. The second kappa shape index (κ2) is 6.69. The van der Waals surface area contributed by atoms with Gasteiger partial charge < -0.3 is 0 Å². The predicted molar refractivity (Wildman–Crippen MR) is 68.4 cm³/mol. The molecule has 0 aliphatic heterocycles. The SMILES string of the molecule is Cc1ccc(C(=O)C(C(C#N)C#N)C(C#N)C#N)cc1. The molecule has 0 atom stereocenters. The molecule has 0 N–H and O–H groups in total. The maximum atomic E-state index is 12.4. The topological polar surface area (TPSA) is 112 Å². The van der Waals surface area contributed by atoms with Crippen molar-refractivity contribution in [3.63, 3.8) is 0 Å². The zero-order chi connectivity index (χ0) is 15.1. The largest absolute Gasteiger partial charge is 0.294 e. The molecule has 1 aromatic rings. The van der Waals surface area contributed by atoms with Gasteiger partial charge in [-0.1, -0.05) is 29.8 Å². The first-order valence-corrected chi connectivity index (χ1v) is 5.78. The van der Waals surface area contributed by atoms with Gasteiger partial charge in [0, 0.05) is 5.56 Å². The summed E-state index contributed by atoms with van der Waals surface area (Å²) in [6, 6.07) is 13.3. The standard InChI is InChI=1S/C15H10N4O/c1-10-2-4-11(5-3-10)15(20)14(12(6-16)7-17)13(8-18)9-19/h2-5,12-14H,1H3. The molecule has 1 rings (SSSR count). The number of benzene rings is 1. The van der Waals surface area contributed by atoms with Crippen molar-refractivity contribution >= 4 is 5.78 Å². The fourth-order valence-corrected chi connectivity index (χ4v) is 1.78. The number of nitriles is 4. The van der Waals surface area contributed by atoms with E-state index in [0.717, 1.165) is 5.56 Å². The smallest absolute Gasteiger partial charge is 0.170 e. The van der Waals surface area contributed by atoms with Gasteiger partial charge in [0.25, 0.3) is 0 Å². The number of nitrogens with zero attached hydrogens (tertiary/aromatic N) is 4. The molecule has 0 aliphatic rings. The van der Waals surface area contributed by atoms with Crippen LogP contribution in [0.25, 0.3) is 0 Å². The van der Waals surface area contributed by atoms with Crippen molar-refractivity contribution < 1.29 is 4.79 Å². The van der Waals surface area contributed by atoms with Crippen LogP contribution in [0.5, 0.6) is 0 Å². The molecule has 0 aliphatic carbocycles. The molecule has 0 fully saturated rings. The summed E-state index contributed by atoms with van der Waals surface area (Å²) >= 11 is 0. The summed E-state index contributed by atoms with van der Waals surface area (Å²) in [6.45, 7) is 1.85. The van der Waals surface area contributed by atoms with Crippen molar-refractivity contribution in [3.05, 3.63) is 35.4 Å². The highest BCUT2D eigenvalue weighted by Crippen LogP contribution is 2.25. The molecule has 0 saturated heterocycles. The Morgan fingerprint density at radius 3 is 1.65 bits per heavy atom. The van der Waals surface area contributed by atoms with Crippen LogP contribution in [-0.2, 0) is 0 Å². The highest BCUT2D eigenvalue weighted by Gasteiger charge is 2.36. The number of rotatable bonds is 4. The van der Waals surface area contributed by atoms with E-state index in [1.165, 1.54) is 0 Å². The van der Waals surface area contributed by atoms with Gasteiger partial charge in [0.15, 0.2) is 5.78 Å². The van der Waals surface area contributed by atoms with Crippen molar-refractivity contribution in [1.29, 1.82) is 21.0 Å². The lowest BCUT2D eigenvalue weighted by atomic mass is 9.79. The van der Waals surface area contributed by atoms with Crippen molar-refractivity contribution in [2.45, 2.75) is 6.92 Å². The Bertz CT molecular complexity index is 604. The number of Topliss-reactive ketones (excluding diaryl/α,β-unsaturated/α-hetero) is 1. The molecular weight excluding hydrogens is 252 g/mol.